The van der Waals surface area contributed by atoms with E-state index in [0.29, 0.717) is 0 Å². The number of anilines is 3. The SMILES string of the molecule is CC1(C)c2cc(-c3ccc4c(c3)c3ccccc3n4-c3ccccc3)ccc2-c2ccc(N(c3ccc4c(c3)C(C)(C)c3cc(-n5c6ccccc6c6ccccc65)ccc3-4)c3ccc4c(c3)C(C)(C)c3cc(-n5c6ccccc6c6ccccc65)ccc3-4)cc21. The van der Waals surface area contributed by atoms with Gasteiger partial charge in [0, 0.05) is 82.7 Å². The molecule has 0 bridgehead atoms. The number of aromatic nitrogens is 3. The van der Waals surface area contributed by atoms with Crippen LogP contribution >= 0.6 is 0 Å². The van der Waals surface area contributed by atoms with Gasteiger partial charge in [-0.1, -0.05) is 199 Å². The lowest BCUT2D eigenvalue weighted by atomic mass is 9.81. The van der Waals surface area contributed by atoms with E-state index in [1.807, 2.05) is 0 Å². The minimum absolute atomic E-state index is 0.291. The van der Waals surface area contributed by atoms with Crippen LogP contribution < -0.4 is 4.90 Å². The monoisotopic (exact) mass is 1160 g/mol. The number of hydrogen-bond donors (Lipinski definition) is 0. The summed E-state index contributed by atoms with van der Waals surface area (Å²) in [6.45, 7) is 14.6. The summed E-state index contributed by atoms with van der Waals surface area (Å²) in [6.07, 6.45) is 0. The third kappa shape index (κ3) is 7.22. The second kappa shape index (κ2) is 18.6. The lowest BCUT2D eigenvalue weighted by molar-refractivity contribution is 0.659. The van der Waals surface area contributed by atoms with Gasteiger partial charge in [0.2, 0.25) is 0 Å². The van der Waals surface area contributed by atoms with Gasteiger partial charge >= 0.3 is 0 Å². The Labute approximate surface area is 529 Å². The Balaban J connectivity index is 0.737. The fourth-order valence-electron chi connectivity index (χ4n) is 16.9. The Bertz CT molecular complexity index is 5490. The van der Waals surface area contributed by atoms with Crippen LogP contribution in [0, 0.1) is 0 Å². The average molecular weight is 1170 g/mol. The Morgan fingerprint density at radius 2 is 0.505 bits per heavy atom. The number of hydrogen-bond acceptors (Lipinski definition) is 1. The Morgan fingerprint density at radius 1 is 0.220 bits per heavy atom. The molecule has 0 spiro atoms. The summed E-state index contributed by atoms with van der Waals surface area (Å²) in [4.78, 5) is 2.55. The van der Waals surface area contributed by atoms with Crippen molar-refractivity contribution in [2.45, 2.75) is 57.8 Å². The first-order chi connectivity index (χ1) is 44.4. The molecule has 13 aromatic carbocycles. The van der Waals surface area contributed by atoms with Crippen molar-refractivity contribution in [3.63, 3.8) is 0 Å². The first-order valence-corrected chi connectivity index (χ1v) is 32.1. The topological polar surface area (TPSA) is 18.0 Å². The van der Waals surface area contributed by atoms with Gasteiger partial charge in [0.1, 0.15) is 0 Å². The van der Waals surface area contributed by atoms with Gasteiger partial charge in [0.25, 0.3) is 0 Å². The number of para-hydroxylation sites is 6. The Kier molecular flexibility index (Phi) is 10.6. The second-order valence-corrected chi connectivity index (χ2v) is 27.3. The van der Waals surface area contributed by atoms with Crippen LogP contribution in [0.5, 0.6) is 0 Å². The molecule has 19 rings (SSSR count). The molecule has 3 aliphatic carbocycles. The summed E-state index contributed by atoms with van der Waals surface area (Å²) < 4.78 is 7.31. The van der Waals surface area contributed by atoms with Crippen molar-refractivity contribution in [3.05, 3.63) is 312 Å². The zero-order chi connectivity index (χ0) is 60.8. The van der Waals surface area contributed by atoms with Gasteiger partial charge in [-0.3, -0.25) is 0 Å². The highest BCUT2D eigenvalue weighted by molar-refractivity contribution is 6.12. The molecule has 0 saturated heterocycles. The van der Waals surface area contributed by atoms with Gasteiger partial charge in [-0.15, -0.1) is 0 Å². The lowest BCUT2D eigenvalue weighted by Crippen LogP contribution is -2.19. The molecule has 0 aliphatic heterocycles. The second-order valence-electron chi connectivity index (χ2n) is 27.3. The van der Waals surface area contributed by atoms with E-state index in [-0.39, 0.29) is 16.2 Å². The van der Waals surface area contributed by atoms with Gasteiger partial charge in [-0.05, 0) is 199 Å². The third-order valence-electron chi connectivity index (χ3n) is 21.4. The smallest absolute Gasteiger partial charge is 0.0541 e. The molecule has 0 fully saturated rings. The highest BCUT2D eigenvalue weighted by Gasteiger charge is 2.41. The normalized spacial score (nSPS) is 14.5. The zero-order valence-electron chi connectivity index (χ0n) is 51.8. The molecule has 0 atom stereocenters. The number of benzene rings is 13. The van der Waals surface area contributed by atoms with Crippen molar-refractivity contribution >= 4 is 82.5 Å². The van der Waals surface area contributed by atoms with Crippen LogP contribution in [0.4, 0.5) is 17.1 Å². The van der Waals surface area contributed by atoms with E-state index < -0.39 is 0 Å². The highest BCUT2D eigenvalue weighted by Crippen LogP contribution is 2.57. The van der Waals surface area contributed by atoms with Gasteiger partial charge in [-0.2, -0.15) is 0 Å². The van der Waals surface area contributed by atoms with Crippen LogP contribution in [-0.2, 0) is 16.2 Å². The maximum atomic E-state index is 2.55. The van der Waals surface area contributed by atoms with Crippen LogP contribution in [0.15, 0.2) is 279 Å². The first kappa shape index (κ1) is 52.0. The average Bonchev–Trinajstić information content (AvgIpc) is 1.61. The molecule has 0 amide bonds. The van der Waals surface area contributed by atoms with E-state index in [9.17, 15) is 0 Å². The van der Waals surface area contributed by atoms with Crippen LogP contribution in [-0.4, -0.2) is 13.7 Å². The Hall–Kier alpha value is -10.9. The molecule has 4 heteroatoms. The molecule has 4 nitrogen and oxygen atoms in total. The van der Waals surface area contributed by atoms with Crippen molar-refractivity contribution < 1.29 is 0 Å². The molecule has 0 N–H and O–H groups in total. The van der Waals surface area contributed by atoms with E-state index in [4.69, 9.17) is 0 Å². The third-order valence-corrected chi connectivity index (χ3v) is 21.4. The zero-order valence-corrected chi connectivity index (χ0v) is 51.8. The molecule has 91 heavy (non-hydrogen) atoms. The van der Waals surface area contributed by atoms with Crippen LogP contribution in [0.25, 0.3) is 127 Å². The van der Waals surface area contributed by atoms with Gasteiger partial charge in [0.15, 0.2) is 0 Å². The van der Waals surface area contributed by atoms with Crippen molar-refractivity contribution in [3.8, 4) is 61.6 Å². The molecule has 0 saturated carbocycles. The maximum absolute atomic E-state index is 2.55. The molecule has 16 aromatic rings. The summed E-state index contributed by atoms with van der Waals surface area (Å²) in [5.41, 5.74) is 31.7. The molecule has 0 radical (unpaired) electrons. The van der Waals surface area contributed by atoms with Crippen molar-refractivity contribution in [2.75, 3.05) is 4.90 Å². The summed E-state index contributed by atoms with van der Waals surface area (Å²) >= 11 is 0. The van der Waals surface area contributed by atoms with Crippen LogP contribution in [0.1, 0.15) is 74.9 Å². The summed E-state index contributed by atoms with van der Waals surface area (Å²) in [6, 6.07) is 105. The molecular formula is C87H64N4. The van der Waals surface area contributed by atoms with E-state index in [0.717, 1.165) is 17.1 Å². The van der Waals surface area contributed by atoms with E-state index in [1.54, 1.807) is 0 Å². The largest absolute Gasteiger partial charge is 0.310 e. The maximum Gasteiger partial charge on any atom is 0.0541 e. The van der Waals surface area contributed by atoms with E-state index in [2.05, 4.69) is 339 Å². The van der Waals surface area contributed by atoms with Gasteiger partial charge in [-0.25, -0.2) is 0 Å². The minimum atomic E-state index is -0.292. The predicted molar refractivity (Wildman–Crippen MR) is 382 cm³/mol. The summed E-state index contributed by atoms with van der Waals surface area (Å²) in [5, 5.41) is 7.61. The van der Waals surface area contributed by atoms with Crippen molar-refractivity contribution in [2.24, 2.45) is 0 Å². The minimum Gasteiger partial charge on any atom is -0.310 e. The fraction of sp³-hybridized carbons (Fsp3) is 0.103. The van der Waals surface area contributed by atoms with Gasteiger partial charge < -0.3 is 18.6 Å². The Morgan fingerprint density at radius 3 is 0.912 bits per heavy atom. The lowest BCUT2D eigenvalue weighted by Gasteiger charge is -2.31. The molecule has 3 aromatic heterocycles. The summed E-state index contributed by atoms with van der Waals surface area (Å²) in [7, 11) is 0. The number of fused-ring (bicyclic) bond motifs is 18. The van der Waals surface area contributed by atoms with Crippen molar-refractivity contribution in [1.82, 2.24) is 13.7 Å². The van der Waals surface area contributed by atoms with Crippen molar-refractivity contribution in [1.29, 1.82) is 0 Å². The first-order valence-electron chi connectivity index (χ1n) is 32.1. The molecule has 432 valence electrons. The highest BCUT2D eigenvalue weighted by atomic mass is 15.1. The predicted octanol–water partition coefficient (Wildman–Crippen LogP) is 23.0. The molecule has 0 unspecified atom stereocenters. The standard InChI is InChI=1S/C87H64N4/c1-85(2)73-47-54(53-33-45-84-72(46-53)71-26-14-19-31-83(71)89(84)55-20-8-7-9-21-55)32-39-61(73)62-40-34-56(48-74(62)85)88(57-35-41-63-65-43-37-59(51-77(65)86(3,4)75(63)49-57)90-79-27-15-10-22-67(79)68-23-11-16-28-80(68)90)58-36-42-64-66-44-38-60(52-78(66)87(5,6)76(64)50-58)91-81-29-17-12-24-69(81)70-25-13-18-30-82(70)91/h7-52H,1-6H3. The molecule has 3 heterocycles. The number of nitrogens with zero attached hydrogens (tertiary/aromatic N) is 4. The fourth-order valence-corrected chi connectivity index (χ4v) is 16.9. The summed E-state index contributed by atoms with van der Waals surface area (Å²) in [5.74, 6) is 0. The van der Waals surface area contributed by atoms with Gasteiger partial charge in [0.05, 0.1) is 33.1 Å². The molecule has 3 aliphatic rings. The molecular weight excluding hydrogens is 1100 g/mol. The number of rotatable bonds is 7. The quantitative estimate of drug-likeness (QED) is 0.156. The van der Waals surface area contributed by atoms with Crippen LogP contribution in [0.2, 0.25) is 0 Å². The van der Waals surface area contributed by atoms with E-state index >= 15 is 0 Å². The van der Waals surface area contributed by atoms with Crippen LogP contribution in [0.3, 0.4) is 0 Å². The van der Waals surface area contributed by atoms with E-state index in [1.165, 1.54) is 160 Å².